The van der Waals surface area contributed by atoms with Gasteiger partial charge in [-0.2, -0.15) is 0 Å². The van der Waals surface area contributed by atoms with E-state index in [1.807, 2.05) is 49.2 Å². The number of likely N-dealkylation sites (tertiary alicyclic amines) is 1. The molecule has 4 aliphatic rings. The lowest BCUT2D eigenvalue weighted by atomic mass is 9.48. The summed E-state index contributed by atoms with van der Waals surface area (Å²) in [7, 11) is 5.65. The van der Waals surface area contributed by atoms with Crippen molar-refractivity contribution in [1.29, 1.82) is 0 Å². The van der Waals surface area contributed by atoms with Gasteiger partial charge in [0.25, 0.3) is 0 Å². The molecule has 2 aromatic carbocycles. The number of hydrogen-bond acceptors (Lipinski definition) is 5. The average molecular weight is 475 g/mol. The Bertz CT molecular complexity index is 1230. The fourth-order valence-corrected chi connectivity index (χ4v) is 7.50. The number of hydrogen-bond donors (Lipinski definition) is 1. The van der Waals surface area contributed by atoms with E-state index >= 15 is 0 Å². The largest absolute Gasteiger partial charge is 0.493 e. The molecule has 6 rings (SSSR count). The summed E-state index contributed by atoms with van der Waals surface area (Å²) in [4.78, 5) is 17.5. The molecule has 1 spiro atoms. The number of benzene rings is 2. The molecule has 35 heavy (non-hydrogen) atoms. The van der Waals surface area contributed by atoms with Gasteiger partial charge in [0.2, 0.25) is 5.91 Å². The van der Waals surface area contributed by atoms with Crippen molar-refractivity contribution in [3.05, 3.63) is 64.7 Å². The molecule has 0 aromatic heterocycles. The molecule has 1 saturated heterocycles. The Hall–Kier alpha value is -2.83. The zero-order valence-corrected chi connectivity index (χ0v) is 21.0. The van der Waals surface area contributed by atoms with Crippen LogP contribution < -0.4 is 9.47 Å². The third-order valence-electron chi connectivity index (χ3n) is 9.21. The fraction of sp³-hybridized carbons (Fsp3) is 0.483. The summed E-state index contributed by atoms with van der Waals surface area (Å²) in [6.45, 7) is 2.94. The van der Waals surface area contributed by atoms with Crippen LogP contribution in [0.15, 0.2) is 42.5 Å². The molecular weight excluding hydrogens is 440 g/mol. The van der Waals surface area contributed by atoms with E-state index in [1.54, 1.807) is 13.2 Å². The van der Waals surface area contributed by atoms with E-state index < -0.39 is 11.0 Å². The number of nitrogens with zero attached hydrogens (tertiary/aromatic N) is 2. The smallest absolute Gasteiger partial charge is 0.246 e. The van der Waals surface area contributed by atoms with Gasteiger partial charge in [0, 0.05) is 24.7 Å². The van der Waals surface area contributed by atoms with Gasteiger partial charge in [0.1, 0.15) is 6.10 Å². The Morgan fingerprint density at radius 3 is 2.89 bits per heavy atom. The standard InChI is InChI=1S/C29H34N2O4/c1-18-6-5-7-19(16-18)8-11-24(32)31(3)21-12-13-29(33)23-17-20-9-10-22(34-4)26-25(20)28(29,27(21)35-26)14-15-30(23)2/h5-11,16,21,23,27,33H,12-15,17H2,1-4H3/b11-8+/t21?,23-,27?,28+,29-/m1/s1. The highest BCUT2D eigenvalue weighted by Crippen LogP contribution is 2.65. The van der Waals surface area contributed by atoms with Crippen molar-refractivity contribution in [1.82, 2.24) is 9.80 Å². The maximum atomic E-state index is 13.3. The number of aryl methyl sites for hydroxylation is 1. The van der Waals surface area contributed by atoms with Crippen LogP contribution in [0.3, 0.4) is 0 Å². The Labute approximate surface area is 207 Å². The van der Waals surface area contributed by atoms with E-state index in [0.717, 1.165) is 41.8 Å². The van der Waals surface area contributed by atoms with Crippen molar-refractivity contribution in [2.24, 2.45) is 0 Å². The minimum atomic E-state index is -0.896. The topological polar surface area (TPSA) is 62.2 Å². The summed E-state index contributed by atoms with van der Waals surface area (Å²) < 4.78 is 12.4. The summed E-state index contributed by atoms with van der Waals surface area (Å²) in [6.07, 6.45) is 6.15. The quantitative estimate of drug-likeness (QED) is 0.689. The number of aliphatic hydroxyl groups is 1. The Kier molecular flexibility index (Phi) is 5.07. The number of likely N-dealkylation sites (N-methyl/N-ethyl adjacent to an activating group) is 2. The van der Waals surface area contributed by atoms with Crippen LogP contribution in [-0.4, -0.2) is 72.4 Å². The van der Waals surface area contributed by atoms with Gasteiger partial charge in [-0.1, -0.05) is 35.9 Å². The molecule has 2 aliphatic carbocycles. The molecule has 2 aliphatic heterocycles. The molecule has 0 radical (unpaired) electrons. The number of rotatable bonds is 4. The molecule has 1 N–H and O–H groups in total. The number of piperidine rings is 1. The van der Waals surface area contributed by atoms with Crippen molar-refractivity contribution < 1.29 is 19.4 Å². The summed E-state index contributed by atoms with van der Waals surface area (Å²) in [6, 6.07) is 12.1. The van der Waals surface area contributed by atoms with Crippen LogP contribution in [0.5, 0.6) is 11.5 Å². The number of methoxy groups -OCH3 is 1. The lowest BCUT2D eigenvalue weighted by Crippen LogP contribution is -2.77. The zero-order valence-electron chi connectivity index (χ0n) is 21.0. The maximum Gasteiger partial charge on any atom is 0.246 e. The summed E-state index contributed by atoms with van der Waals surface area (Å²) >= 11 is 0. The van der Waals surface area contributed by atoms with E-state index in [4.69, 9.17) is 9.47 Å². The molecule has 184 valence electrons. The van der Waals surface area contributed by atoms with E-state index in [2.05, 4.69) is 24.1 Å². The van der Waals surface area contributed by atoms with Crippen LogP contribution in [-0.2, 0) is 16.6 Å². The van der Waals surface area contributed by atoms with E-state index in [1.165, 1.54) is 5.56 Å². The second kappa shape index (κ2) is 7.84. The highest BCUT2D eigenvalue weighted by atomic mass is 16.5. The van der Waals surface area contributed by atoms with Crippen molar-refractivity contribution in [2.45, 2.75) is 61.8 Å². The molecule has 2 bridgehead atoms. The van der Waals surface area contributed by atoms with Gasteiger partial charge in [0.15, 0.2) is 11.5 Å². The van der Waals surface area contributed by atoms with Crippen molar-refractivity contribution in [3.8, 4) is 11.5 Å². The highest BCUT2D eigenvalue weighted by Gasteiger charge is 2.73. The minimum Gasteiger partial charge on any atom is -0.493 e. The third-order valence-corrected chi connectivity index (χ3v) is 9.21. The first-order valence-corrected chi connectivity index (χ1v) is 12.6. The highest BCUT2D eigenvalue weighted by molar-refractivity contribution is 5.92. The van der Waals surface area contributed by atoms with Crippen LogP contribution in [0.2, 0.25) is 0 Å². The molecule has 5 atom stereocenters. The van der Waals surface area contributed by atoms with Crippen LogP contribution in [0, 0.1) is 6.92 Å². The van der Waals surface area contributed by atoms with Gasteiger partial charge < -0.3 is 24.4 Å². The maximum absolute atomic E-state index is 13.3. The van der Waals surface area contributed by atoms with Crippen molar-refractivity contribution >= 4 is 12.0 Å². The van der Waals surface area contributed by atoms with Gasteiger partial charge in [-0.3, -0.25) is 4.79 Å². The molecule has 6 heteroatoms. The van der Waals surface area contributed by atoms with Gasteiger partial charge in [-0.25, -0.2) is 0 Å². The zero-order chi connectivity index (χ0) is 24.5. The number of ether oxygens (including phenoxy) is 2. The van der Waals surface area contributed by atoms with Crippen LogP contribution >= 0.6 is 0 Å². The van der Waals surface area contributed by atoms with E-state index in [9.17, 15) is 9.90 Å². The minimum absolute atomic E-state index is 0.0392. The first kappa shape index (κ1) is 22.6. The van der Waals surface area contributed by atoms with Gasteiger partial charge in [-0.05, 0) is 69.5 Å². The van der Waals surface area contributed by atoms with Gasteiger partial charge >= 0.3 is 0 Å². The molecule has 2 fully saturated rings. The van der Waals surface area contributed by atoms with Crippen LogP contribution in [0.25, 0.3) is 6.08 Å². The molecule has 2 aromatic rings. The Morgan fingerprint density at radius 1 is 1.29 bits per heavy atom. The summed E-state index contributed by atoms with van der Waals surface area (Å²) in [5, 5.41) is 12.4. The van der Waals surface area contributed by atoms with Crippen molar-refractivity contribution in [2.75, 3.05) is 27.7 Å². The molecule has 1 saturated carbocycles. The number of amides is 1. The summed E-state index contributed by atoms with van der Waals surface area (Å²) in [5.41, 5.74) is 3.09. The monoisotopic (exact) mass is 474 g/mol. The van der Waals surface area contributed by atoms with Gasteiger partial charge in [0.05, 0.1) is 24.2 Å². The van der Waals surface area contributed by atoms with E-state index in [0.29, 0.717) is 18.6 Å². The Balaban J connectivity index is 1.39. The predicted octanol–water partition coefficient (Wildman–Crippen LogP) is 3.33. The average Bonchev–Trinajstić information content (AvgIpc) is 3.20. The molecular formula is C29H34N2O4. The lowest BCUT2D eigenvalue weighted by molar-refractivity contribution is -0.195. The number of carbonyl (C=O) groups is 1. The predicted molar refractivity (Wildman–Crippen MR) is 135 cm³/mol. The second-order valence-electron chi connectivity index (χ2n) is 10.8. The van der Waals surface area contributed by atoms with E-state index in [-0.39, 0.29) is 24.1 Å². The van der Waals surface area contributed by atoms with Crippen LogP contribution in [0.1, 0.15) is 41.5 Å². The van der Waals surface area contributed by atoms with Gasteiger partial charge in [-0.15, -0.1) is 0 Å². The molecule has 2 unspecified atom stereocenters. The lowest BCUT2D eigenvalue weighted by Gasteiger charge is -2.64. The molecule has 1 amide bonds. The number of carbonyl (C=O) groups excluding carboxylic acids is 1. The first-order chi connectivity index (χ1) is 16.8. The molecule has 6 nitrogen and oxygen atoms in total. The van der Waals surface area contributed by atoms with Crippen molar-refractivity contribution in [3.63, 3.8) is 0 Å². The second-order valence-corrected chi connectivity index (χ2v) is 10.8. The molecule has 2 heterocycles. The first-order valence-electron chi connectivity index (χ1n) is 12.6. The fourth-order valence-electron chi connectivity index (χ4n) is 7.50. The normalized spacial score (nSPS) is 32.8. The SMILES string of the molecule is COc1ccc2c3c1OC1C(N(C)C(=O)/C=C/c4cccc(C)c4)CC[C@@]4(O)[C@@H](C2)N(C)CC[C@]314. The summed E-state index contributed by atoms with van der Waals surface area (Å²) in [5.74, 6) is 1.42. The van der Waals surface area contributed by atoms with Crippen LogP contribution in [0.4, 0.5) is 0 Å². The third kappa shape index (κ3) is 2.99. The Morgan fingerprint density at radius 2 is 2.11 bits per heavy atom.